The summed E-state index contributed by atoms with van der Waals surface area (Å²) in [5.41, 5.74) is -0.316. The quantitative estimate of drug-likeness (QED) is 0.364. The highest BCUT2D eigenvalue weighted by molar-refractivity contribution is 6.04. The molecule has 40 heavy (non-hydrogen) atoms. The van der Waals surface area contributed by atoms with Crippen LogP contribution in [0.5, 0.6) is 0 Å². The van der Waals surface area contributed by atoms with Gasteiger partial charge in [0.25, 0.3) is 0 Å². The standard InChI is InChI=1S/C31H48N4O5/c1-8-16-32-27(37)24-25-29(39)35(23(18-36)19(5)9-2)26(31(25)17-20(6)30(24,7)40-31)28(38)33-21-12-14-22(15-13-21)34(10-3)11-4/h12-15,19-20,23-26,36H,8-11,16-18H2,1-7H3,(H,32,37)(H,33,38)/t19-,20?,23-,24-,25-,26?,30+,31?/m0/s1. The Kier molecular flexibility index (Phi) is 8.85. The van der Waals surface area contributed by atoms with Crippen molar-refractivity contribution >= 4 is 29.1 Å². The Balaban J connectivity index is 1.75. The number of nitrogens with one attached hydrogen (secondary N) is 2. The monoisotopic (exact) mass is 556 g/mol. The maximum Gasteiger partial charge on any atom is 0.250 e. The van der Waals surface area contributed by atoms with Gasteiger partial charge in [-0.1, -0.05) is 34.1 Å². The van der Waals surface area contributed by atoms with E-state index in [1.54, 1.807) is 4.90 Å². The van der Waals surface area contributed by atoms with Crippen molar-refractivity contribution in [3.05, 3.63) is 24.3 Å². The number of hydrogen-bond donors (Lipinski definition) is 3. The van der Waals surface area contributed by atoms with Gasteiger partial charge < -0.3 is 30.3 Å². The molecule has 3 aliphatic heterocycles. The van der Waals surface area contributed by atoms with E-state index in [1.807, 2.05) is 58.9 Å². The van der Waals surface area contributed by atoms with E-state index in [1.165, 1.54) is 0 Å². The number of carbonyl (C=O) groups excluding carboxylic acids is 3. The lowest BCUT2D eigenvalue weighted by Crippen LogP contribution is -2.57. The van der Waals surface area contributed by atoms with E-state index < -0.39 is 35.1 Å². The molecule has 2 bridgehead atoms. The first-order chi connectivity index (χ1) is 19.0. The molecule has 0 radical (unpaired) electrons. The van der Waals surface area contributed by atoms with Gasteiger partial charge in [-0.2, -0.15) is 0 Å². The van der Waals surface area contributed by atoms with Gasteiger partial charge in [-0.05, 0) is 69.7 Å². The summed E-state index contributed by atoms with van der Waals surface area (Å²) < 4.78 is 6.78. The highest BCUT2D eigenvalue weighted by atomic mass is 16.5. The maximum absolute atomic E-state index is 14.4. The van der Waals surface area contributed by atoms with Gasteiger partial charge in [0.1, 0.15) is 11.6 Å². The molecule has 3 N–H and O–H groups in total. The number of benzene rings is 1. The Morgan fingerprint density at radius 1 is 1.15 bits per heavy atom. The van der Waals surface area contributed by atoms with Crippen molar-refractivity contribution in [1.29, 1.82) is 0 Å². The number of fused-ring (bicyclic) bond motifs is 1. The minimum Gasteiger partial charge on any atom is -0.394 e. The summed E-state index contributed by atoms with van der Waals surface area (Å²) in [6, 6.07) is 6.17. The van der Waals surface area contributed by atoms with Gasteiger partial charge in [-0.25, -0.2) is 0 Å². The van der Waals surface area contributed by atoms with Crippen LogP contribution >= 0.6 is 0 Å². The zero-order valence-electron chi connectivity index (χ0n) is 25.2. The second kappa shape index (κ2) is 11.7. The van der Waals surface area contributed by atoms with Crippen LogP contribution in [-0.2, 0) is 19.1 Å². The molecule has 3 saturated heterocycles. The van der Waals surface area contributed by atoms with Crippen molar-refractivity contribution in [1.82, 2.24) is 10.2 Å². The molecule has 0 aromatic heterocycles. The van der Waals surface area contributed by atoms with Crippen molar-refractivity contribution in [2.24, 2.45) is 23.7 Å². The molecule has 3 heterocycles. The third kappa shape index (κ3) is 4.69. The Bertz CT molecular complexity index is 1090. The van der Waals surface area contributed by atoms with Crippen LogP contribution in [0.4, 0.5) is 11.4 Å². The van der Waals surface area contributed by atoms with E-state index in [2.05, 4.69) is 29.4 Å². The topological polar surface area (TPSA) is 111 Å². The van der Waals surface area contributed by atoms with Crippen LogP contribution in [0.2, 0.25) is 0 Å². The van der Waals surface area contributed by atoms with Crippen LogP contribution in [0.15, 0.2) is 24.3 Å². The van der Waals surface area contributed by atoms with Gasteiger partial charge in [-0.3, -0.25) is 14.4 Å². The highest BCUT2D eigenvalue weighted by Crippen LogP contribution is 2.65. The number of likely N-dealkylation sites (tertiary alicyclic amines) is 1. The maximum atomic E-state index is 14.4. The van der Waals surface area contributed by atoms with Gasteiger partial charge in [-0.15, -0.1) is 0 Å². The number of aliphatic hydroxyl groups is 1. The van der Waals surface area contributed by atoms with Gasteiger partial charge in [0.15, 0.2) is 0 Å². The molecule has 9 nitrogen and oxygen atoms in total. The predicted octanol–water partition coefficient (Wildman–Crippen LogP) is 3.42. The van der Waals surface area contributed by atoms with Crippen molar-refractivity contribution in [3.8, 4) is 0 Å². The molecule has 3 fully saturated rings. The van der Waals surface area contributed by atoms with E-state index >= 15 is 0 Å². The molecule has 3 unspecified atom stereocenters. The Labute approximate surface area is 239 Å². The SMILES string of the molecule is CCCNC(=O)[C@@H]1[C@H]2C(=O)N([C@@H](CO)[C@@H](C)CC)C(C(=O)Nc3ccc(N(CC)CC)cc3)C23CC(C)[C@@]1(C)O3. The van der Waals surface area contributed by atoms with Gasteiger partial charge >= 0.3 is 0 Å². The second-order valence-corrected chi connectivity index (χ2v) is 12.1. The van der Waals surface area contributed by atoms with Crippen molar-refractivity contribution in [2.45, 2.75) is 91.0 Å². The van der Waals surface area contributed by atoms with Crippen LogP contribution in [0.3, 0.4) is 0 Å². The number of ether oxygens (including phenoxy) is 1. The van der Waals surface area contributed by atoms with Gasteiger partial charge in [0, 0.05) is 31.0 Å². The molecule has 4 rings (SSSR count). The van der Waals surface area contributed by atoms with E-state index in [9.17, 15) is 19.5 Å². The normalized spacial score (nSPS) is 32.1. The molecule has 9 heteroatoms. The lowest BCUT2D eigenvalue weighted by atomic mass is 9.62. The lowest BCUT2D eigenvalue weighted by Gasteiger charge is -2.39. The summed E-state index contributed by atoms with van der Waals surface area (Å²) in [6.07, 6.45) is 2.00. The van der Waals surface area contributed by atoms with Crippen LogP contribution in [0.25, 0.3) is 0 Å². The third-order valence-electron chi connectivity index (χ3n) is 9.94. The first kappa shape index (κ1) is 30.3. The summed E-state index contributed by atoms with van der Waals surface area (Å²) in [5.74, 6) is -2.40. The Hall–Kier alpha value is -2.65. The van der Waals surface area contributed by atoms with Crippen molar-refractivity contribution < 1.29 is 24.2 Å². The van der Waals surface area contributed by atoms with E-state index in [-0.39, 0.29) is 36.2 Å². The first-order valence-electron chi connectivity index (χ1n) is 15.1. The van der Waals surface area contributed by atoms with Crippen LogP contribution in [-0.4, -0.2) is 77.3 Å². The number of amides is 3. The Morgan fingerprint density at radius 3 is 2.35 bits per heavy atom. The molecule has 8 atom stereocenters. The first-order valence-corrected chi connectivity index (χ1v) is 15.1. The Morgan fingerprint density at radius 2 is 1.80 bits per heavy atom. The molecule has 1 spiro atoms. The molecular formula is C31H48N4O5. The summed E-state index contributed by atoms with van der Waals surface area (Å²) in [7, 11) is 0. The fourth-order valence-electron chi connectivity index (χ4n) is 7.46. The van der Waals surface area contributed by atoms with Crippen molar-refractivity contribution in [3.63, 3.8) is 0 Å². The van der Waals surface area contributed by atoms with Gasteiger partial charge in [0.2, 0.25) is 17.7 Å². The fourth-order valence-corrected chi connectivity index (χ4v) is 7.46. The van der Waals surface area contributed by atoms with Crippen molar-refractivity contribution in [2.75, 3.05) is 36.5 Å². The molecule has 1 aromatic rings. The minimum absolute atomic E-state index is 0.0336. The third-order valence-corrected chi connectivity index (χ3v) is 9.94. The van der Waals surface area contributed by atoms with E-state index in [0.29, 0.717) is 18.7 Å². The number of carbonyl (C=O) groups is 3. The zero-order valence-corrected chi connectivity index (χ0v) is 25.2. The highest BCUT2D eigenvalue weighted by Gasteiger charge is 2.80. The molecule has 0 saturated carbocycles. The van der Waals surface area contributed by atoms with Crippen LogP contribution < -0.4 is 15.5 Å². The lowest BCUT2D eigenvalue weighted by molar-refractivity contribution is -0.150. The van der Waals surface area contributed by atoms with Crippen LogP contribution in [0, 0.1) is 23.7 Å². The number of aliphatic hydroxyl groups excluding tert-OH is 1. The molecule has 3 aliphatic rings. The number of hydrogen-bond acceptors (Lipinski definition) is 6. The molecular weight excluding hydrogens is 508 g/mol. The number of rotatable bonds is 12. The number of anilines is 2. The van der Waals surface area contributed by atoms with E-state index in [4.69, 9.17) is 4.74 Å². The molecule has 0 aliphatic carbocycles. The minimum atomic E-state index is -1.15. The average molecular weight is 557 g/mol. The summed E-state index contributed by atoms with van der Waals surface area (Å²) >= 11 is 0. The van der Waals surface area contributed by atoms with Gasteiger partial charge in [0.05, 0.1) is 30.1 Å². The predicted molar refractivity (Wildman–Crippen MR) is 156 cm³/mol. The zero-order chi connectivity index (χ0) is 29.4. The largest absolute Gasteiger partial charge is 0.394 e. The van der Waals surface area contributed by atoms with E-state index in [0.717, 1.165) is 31.6 Å². The fraction of sp³-hybridized carbons (Fsp3) is 0.710. The smallest absolute Gasteiger partial charge is 0.250 e. The summed E-state index contributed by atoms with van der Waals surface area (Å²) in [5, 5.41) is 16.5. The molecule has 222 valence electrons. The molecule has 1 aromatic carbocycles. The summed E-state index contributed by atoms with van der Waals surface area (Å²) in [4.78, 5) is 45.9. The second-order valence-electron chi connectivity index (χ2n) is 12.1. The average Bonchev–Trinajstić information content (AvgIpc) is 3.46. The van der Waals surface area contributed by atoms with Crippen LogP contribution in [0.1, 0.15) is 67.7 Å². The summed E-state index contributed by atoms with van der Waals surface area (Å²) in [6.45, 7) is 16.1. The number of nitrogens with zero attached hydrogens (tertiary/aromatic N) is 2. The molecule has 3 amide bonds.